The number of rotatable bonds is 7. The van der Waals surface area contributed by atoms with E-state index in [0.717, 1.165) is 22.3 Å². The van der Waals surface area contributed by atoms with E-state index in [1.54, 1.807) is 28.0 Å². The van der Waals surface area contributed by atoms with Gasteiger partial charge in [-0.1, -0.05) is 6.07 Å². The maximum absolute atomic E-state index is 13.9. The van der Waals surface area contributed by atoms with E-state index in [2.05, 4.69) is 41.3 Å². The van der Waals surface area contributed by atoms with Gasteiger partial charge in [0.15, 0.2) is 5.78 Å². The number of piperidine rings is 1. The zero-order chi connectivity index (χ0) is 29.9. The summed E-state index contributed by atoms with van der Waals surface area (Å²) in [5, 5.41) is 18.2. The Bertz CT molecular complexity index is 1770. The van der Waals surface area contributed by atoms with E-state index >= 15 is 0 Å². The first-order valence-electron chi connectivity index (χ1n) is 13.7. The topological polar surface area (TPSA) is 143 Å². The van der Waals surface area contributed by atoms with Crippen LogP contribution in [0.15, 0.2) is 41.3 Å². The van der Waals surface area contributed by atoms with E-state index in [0.29, 0.717) is 40.0 Å². The Morgan fingerprint density at radius 1 is 1.07 bits per heavy atom. The molecule has 11 nitrogen and oxygen atoms in total. The molecule has 3 atom stereocenters. The van der Waals surface area contributed by atoms with Crippen LogP contribution in [-0.4, -0.2) is 71.0 Å². The molecule has 42 heavy (non-hydrogen) atoms. The van der Waals surface area contributed by atoms with Gasteiger partial charge in [-0.25, -0.2) is 15.0 Å². The molecule has 1 aliphatic heterocycles. The maximum Gasteiger partial charge on any atom is 0.248 e. The van der Waals surface area contributed by atoms with Crippen molar-refractivity contribution < 1.29 is 19.5 Å². The van der Waals surface area contributed by atoms with Crippen LogP contribution < -0.4 is 5.32 Å². The van der Waals surface area contributed by atoms with Crippen LogP contribution in [0.3, 0.4) is 0 Å². The number of nitrogens with one attached hydrogen (secondary N) is 1. The number of aliphatic hydroxyl groups is 1. The molecule has 2 amide bonds. The second-order valence-electron chi connectivity index (χ2n) is 11.3. The van der Waals surface area contributed by atoms with Gasteiger partial charge in [0.05, 0.1) is 12.1 Å². The summed E-state index contributed by atoms with van der Waals surface area (Å²) in [5.74, 6) is 0.189. The average Bonchev–Trinajstić information content (AvgIpc) is 3.37. The average molecular weight is 633 g/mol. The smallest absolute Gasteiger partial charge is 0.248 e. The van der Waals surface area contributed by atoms with E-state index in [-0.39, 0.29) is 42.5 Å². The number of hydrogen-bond donors (Lipinski definition) is 2. The number of anilines is 1. The molecule has 2 fully saturated rings. The first kappa shape index (κ1) is 28.1. The second kappa shape index (κ2) is 10.4. The number of aliphatic hydroxyl groups excluding tert-OH is 1. The number of carbonyl (C=O) groups excluding carboxylic acids is 3. The third-order valence-corrected chi connectivity index (χ3v) is 8.84. The molecule has 0 spiro atoms. The Balaban J connectivity index is 1.33. The molecule has 2 N–H and O–H groups in total. The lowest BCUT2D eigenvalue weighted by molar-refractivity contribution is -0.138. The molecule has 12 heteroatoms. The van der Waals surface area contributed by atoms with Crippen molar-refractivity contribution in [3.05, 3.63) is 63.9 Å². The molecular weight excluding hydrogens is 602 g/mol. The van der Waals surface area contributed by atoms with Gasteiger partial charge >= 0.3 is 0 Å². The molecule has 0 radical (unpaired) electrons. The summed E-state index contributed by atoms with van der Waals surface area (Å²) >= 11 is 3.34. The van der Waals surface area contributed by atoms with Crippen LogP contribution in [0.25, 0.3) is 22.0 Å². The number of fused-ring (bicyclic) bond motifs is 2. The second-order valence-corrected chi connectivity index (χ2v) is 12.1. The van der Waals surface area contributed by atoms with Crippen molar-refractivity contribution in [3.63, 3.8) is 0 Å². The third-order valence-electron chi connectivity index (χ3n) is 8.40. The zero-order valence-electron chi connectivity index (χ0n) is 23.7. The molecule has 6 rings (SSSR count). The van der Waals surface area contributed by atoms with Crippen molar-refractivity contribution in [3.8, 4) is 11.1 Å². The lowest BCUT2D eigenvalue weighted by atomic mass is 10.00. The van der Waals surface area contributed by atoms with Crippen molar-refractivity contribution in [2.24, 2.45) is 5.41 Å². The Labute approximate surface area is 250 Å². The number of ketones is 1. The number of pyridine rings is 1. The quantitative estimate of drug-likeness (QED) is 0.232. The molecule has 1 saturated heterocycles. The Hall–Kier alpha value is -4.03. The van der Waals surface area contributed by atoms with Gasteiger partial charge in [-0.3, -0.25) is 19.1 Å². The van der Waals surface area contributed by atoms with Gasteiger partial charge in [0.1, 0.15) is 34.5 Å². The summed E-state index contributed by atoms with van der Waals surface area (Å²) in [6, 6.07) is 6.44. The minimum atomic E-state index is -0.771. The maximum atomic E-state index is 13.9. The van der Waals surface area contributed by atoms with Crippen LogP contribution in [0.4, 0.5) is 5.82 Å². The van der Waals surface area contributed by atoms with Gasteiger partial charge in [0, 0.05) is 41.7 Å². The highest BCUT2D eigenvalue weighted by molar-refractivity contribution is 9.10. The van der Waals surface area contributed by atoms with Crippen LogP contribution in [0.5, 0.6) is 0 Å². The summed E-state index contributed by atoms with van der Waals surface area (Å²) in [5.41, 5.74) is 3.71. The minimum Gasteiger partial charge on any atom is -0.396 e. The monoisotopic (exact) mass is 631 g/mol. The Morgan fingerprint density at radius 3 is 2.50 bits per heavy atom. The fourth-order valence-electron chi connectivity index (χ4n) is 6.09. The predicted molar refractivity (Wildman–Crippen MR) is 159 cm³/mol. The number of nitrogens with zero attached hydrogens (tertiary/aromatic N) is 6. The number of benzene rings is 1. The van der Waals surface area contributed by atoms with Gasteiger partial charge in [0.2, 0.25) is 11.8 Å². The molecule has 4 aromatic rings. The normalized spacial score (nSPS) is 21.0. The number of carbonyl (C=O) groups is 3. The van der Waals surface area contributed by atoms with Crippen LogP contribution in [0, 0.1) is 26.2 Å². The van der Waals surface area contributed by atoms with Gasteiger partial charge in [-0.05, 0) is 84.4 Å². The number of aromatic nitrogens is 5. The zero-order valence-corrected chi connectivity index (χ0v) is 25.3. The highest BCUT2D eigenvalue weighted by Gasteiger charge is 2.66. The molecule has 1 aromatic carbocycles. The summed E-state index contributed by atoms with van der Waals surface area (Å²) in [6.45, 7) is 6.74. The first-order valence-corrected chi connectivity index (χ1v) is 14.5. The summed E-state index contributed by atoms with van der Waals surface area (Å²) < 4.78 is 2.13. The van der Waals surface area contributed by atoms with Gasteiger partial charge < -0.3 is 15.3 Å². The van der Waals surface area contributed by atoms with Crippen LogP contribution >= 0.6 is 15.9 Å². The van der Waals surface area contributed by atoms with Crippen molar-refractivity contribution in [2.45, 2.75) is 59.2 Å². The van der Waals surface area contributed by atoms with Crippen LogP contribution in [0.2, 0.25) is 0 Å². The molecule has 4 heterocycles. The standard InChI is InChI=1S/C30H30BrN7O4/c1-15-5-6-24(31)34-28(15)35-29(42)22-9-30(14-39)10-23(30)38(22)25(41)13-37-27-16(2)7-19(20-11-32-18(4)33-12-20)8-21(27)26(36-37)17(3)40/h5-8,11-12,22-23,39H,9-10,13-14H2,1-4H3,(H,34,35,42)/t22-,23+,30-/m0/s1. The molecule has 1 saturated carbocycles. The van der Waals surface area contributed by atoms with Crippen molar-refractivity contribution in [2.75, 3.05) is 11.9 Å². The summed E-state index contributed by atoms with van der Waals surface area (Å²) in [6.07, 6.45) is 4.46. The Kier molecular flexibility index (Phi) is 6.93. The molecule has 0 bridgehead atoms. The van der Waals surface area contributed by atoms with Gasteiger partial charge in [-0.15, -0.1) is 0 Å². The lowest BCUT2D eigenvalue weighted by Crippen LogP contribution is -2.47. The van der Waals surface area contributed by atoms with E-state index in [9.17, 15) is 19.5 Å². The number of hydrogen-bond acceptors (Lipinski definition) is 8. The Morgan fingerprint density at radius 2 is 1.81 bits per heavy atom. The molecule has 2 aliphatic rings. The number of halogens is 1. The fraction of sp³-hybridized carbons (Fsp3) is 0.367. The highest BCUT2D eigenvalue weighted by Crippen LogP contribution is 2.59. The van der Waals surface area contributed by atoms with E-state index in [1.165, 1.54) is 6.92 Å². The van der Waals surface area contributed by atoms with Gasteiger partial charge in [0.25, 0.3) is 0 Å². The molecular formula is C30H30BrN7O4. The number of Topliss-reactive ketones (excluding diaryl/α,β-unsaturated/α-hetero) is 1. The largest absolute Gasteiger partial charge is 0.396 e. The van der Waals surface area contributed by atoms with Crippen molar-refractivity contribution in [1.29, 1.82) is 0 Å². The highest BCUT2D eigenvalue weighted by atomic mass is 79.9. The van der Waals surface area contributed by atoms with Gasteiger partial charge in [-0.2, -0.15) is 5.10 Å². The molecule has 216 valence electrons. The minimum absolute atomic E-state index is 0.108. The van der Waals surface area contributed by atoms with E-state index < -0.39 is 11.5 Å². The summed E-state index contributed by atoms with van der Waals surface area (Å²) in [7, 11) is 0. The van der Waals surface area contributed by atoms with Crippen molar-refractivity contribution >= 4 is 50.2 Å². The van der Waals surface area contributed by atoms with E-state index in [4.69, 9.17) is 0 Å². The fourth-order valence-corrected chi connectivity index (χ4v) is 6.40. The van der Waals surface area contributed by atoms with E-state index in [1.807, 2.05) is 39.0 Å². The SMILES string of the molecule is CC(=O)c1nn(CC(=O)N2[C@H](C(=O)Nc3nc(Br)ccc3C)C[C@@]3(CO)C[C@@H]23)c2c(C)cc(-c3cnc(C)nc3)cc12. The number of amides is 2. The van der Waals surface area contributed by atoms with Crippen molar-refractivity contribution in [1.82, 2.24) is 29.6 Å². The molecule has 0 unspecified atom stereocenters. The van der Waals surface area contributed by atoms with Crippen LogP contribution in [0.1, 0.15) is 47.2 Å². The summed E-state index contributed by atoms with van der Waals surface area (Å²) in [4.78, 5) is 54.6. The third kappa shape index (κ3) is 4.78. The number of likely N-dealkylation sites (tertiary alicyclic amines) is 1. The molecule has 3 aromatic heterocycles. The molecule has 1 aliphatic carbocycles. The first-order chi connectivity index (χ1) is 20.0. The predicted octanol–water partition coefficient (Wildman–Crippen LogP) is 3.77. The lowest BCUT2D eigenvalue weighted by Gasteiger charge is -2.27. The van der Waals surface area contributed by atoms with Crippen LogP contribution in [-0.2, 0) is 16.1 Å². The number of aryl methyl sites for hydroxylation is 3.